The van der Waals surface area contributed by atoms with Gasteiger partial charge < -0.3 is 4.74 Å². The minimum Gasteiger partial charge on any atom is -0.448 e. The second kappa shape index (κ2) is 3.69. The molecule has 0 saturated heterocycles. The summed E-state index contributed by atoms with van der Waals surface area (Å²) in [7, 11) is 0. The van der Waals surface area contributed by atoms with Crippen LogP contribution in [0.5, 0.6) is 0 Å². The molecule has 0 aromatic rings. The normalized spacial score (nSPS) is 37.8. The minimum atomic E-state index is -0.908. The molecule has 0 aliphatic heterocycles. The van der Waals surface area contributed by atoms with Gasteiger partial charge in [-0.1, -0.05) is 20.4 Å². The van der Waals surface area contributed by atoms with Crippen LogP contribution >= 0.6 is 0 Å². The van der Waals surface area contributed by atoms with Gasteiger partial charge in [0.25, 0.3) is 0 Å². The summed E-state index contributed by atoms with van der Waals surface area (Å²) in [5, 5.41) is 0. The molecule has 17 heavy (non-hydrogen) atoms. The van der Waals surface area contributed by atoms with Crippen LogP contribution in [0.15, 0.2) is 12.2 Å². The van der Waals surface area contributed by atoms with E-state index in [9.17, 15) is 9.59 Å². The van der Waals surface area contributed by atoms with E-state index in [0.29, 0.717) is 17.9 Å². The van der Waals surface area contributed by atoms with E-state index in [2.05, 4.69) is 20.4 Å². The molecule has 3 fully saturated rings. The van der Waals surface area contributed by atoms with E-state index in [-0.39, 0.29) is 11.3 Å². The maximum absolute atomic E-state index is 11.7. The molecule has 3 nitrogen and oxygen atoms in total. The lowest BCUT2D eigenvalue weighted by Crippen LogP contribution is -2.63. The highest BCUT2D eigenvalue weighted by Crippen LogP contribution is 2.63. The number of rotatable bonds is 3. The Hall–Kier alpha value is -1.12. The number of esters is 1. The number of ether oxygens (including phenoxy) is 1. The van der Waals surface area contributed by atoms with Crippen molar-refractivity contribution in [2.75, 3.05) is 0 Å². The van der Waals surface area contributed by atoms with Crippen LogP contribution < -0.4 is 0 Å². The molecular formula is C14H20O3. The Morgan fingerprint density at radius 3 is 2.53 bits per heavy atom. The molecule has 3 rings (SSSR count). The van der Waals surface area contributed by atoms with Crippen LogP contribution in [-0.2, 0) is 14.3 Å². The number of carbonyl (C=O) groups is 2. The number of hydrogen-bond acceptors (Lipinski definition) is 3. The molecule has 3 heteroatoms. The van der Waals surface area contributed by atoms with Crippen molar-refractivity contribution in [1.82, 2.24) is 0 Å². The Labute approximate surface area is 102 Å². The van der Waals surface area contributed by atoms with Gasteiger partial charge in [0.1, 0.15) is 0 Å². The summed E-state index contributed by atoms with van der Waals surface area (Å²) in [6.07, 6.45) is 3.46. The molecule has 0 spiro atoms. The van der Waals surface area contributed by atoms with E-state index < -0.39 is 11.6 Å². The summed E-state index contributed by atoms with van der Waals surface area (Å²) in [6, 6.07) is 0. The van der Waals surface area contributed by atoms with Crippen molar-refractivity contribution in [1.29, 1.82) is 0 Å². The molecule has 3 unspecified atom stereocenters. The van der Waals surface area contributed by atoms with Crippen LogP contribution in [0.3, 0.4) is 0 Å². The lowest BCUT2D eigenvalue weighted by molar-refractivity contribution is -0.213. The van der Waals surface area contributed by atoms with E-state index in [1.165, 1.54) is 0 Å². The summed E-state index contributed by atoms with van der Waals surface area (Å²) in [6.45, 7) is 9.51. The van der Waals surface area contributed by atoms with Gasteiger partial charge in [-0.15, -0.1) is 0 Å². The van der Waals surface area contributed by atoms with Gasteiger partial charge in [0.05, 0.1) is 0 Å². The van der Waals surface area contributed by atoms with E-state index in [0.717, 1.165) is 19.1 Å². The Balaban J connectivity index is 2.23. The first kappa shape index (κ1) is 12.3. The second-order valence-corrected chi connectivity index (χ2v) is 6.09. The van der Waals surface area contributed by atoms with Gasteiger partial charge in [-0.05, 0) is 37.5 Å². The van der Waals surface area contributed by atoms with Crippen molar-refractivity contribution >= 4 is 12.3 Å². The van der Waals surface area contributed by atoms with Gasteiger partial charge in [-0.3, -0.25) is 4.79 Å². The molecule has 0 amide bonds. The summed E-state index contributed by atoms with van der Waals surface area (Å²) < 4.78 is 5.47. The SMILES string of the molecule is C=C(C)C(=O)OC1(C=O)CCC2CC1C2(C)C. The van der Waals surface area contributed by atoms with Crippen molar-refractivity contribution in [3.8, 4) is 0 Å². The quantitative estimate of drug-likeness (QED) is 0.429. The van der Waals surface area contributed by atoms with E-state index in [1.807, 2.05) is 0 Å². The highest BCUT2D eigenvalue weighted by Gasteiger charge is 2.63. The lowest BCUT2D eigenvalue weighted by Gasteiger charge is -2.62. The Morgan fingerprint density at radius 2 is 2.12 bits per heavy atom. The summed E-state index contributed by atoms with van der Waals surface area (Å²) in [4.78, 5) is 23.1. The average Bonchev–Trinajstić information content (AvgIpc) is 2.28. The summed E-state index contributed by atoms with van der Waals surface area (Å²) in [5.74, 6) is 0.386. The number of fused-ring (bicyclic) bond motifs is 2. The summed E-state index contributed by atoms with van der Waals surface area (Å²) in [5.41, 5.74) is -0.450. The molecule has 94 valence electrons. The van der Waals surface area contributed by atoms with Crippen molar-refractivity contribution in [2.24, 2.45) is 17.3 Å². The van der Waals surface area contributed by atoms with Gasteiger partial charge in [0.15, 0.2) is 11.9 Å². The predicted octanol–water partition coefficient (Wildman–Crippen LogP) is 2.50. The zero-order valence-corrected chi connectivity index (χ0v) is 10.8. The third kappa shape index (κ3) is 1.63. The third-order valence-electron chi connectivity index (χ3n) is 4.77. The Kier molecular flexibility index (Phi) is 2.68. The molecular weight excluding hydrogens is 216 g/mol. The van der Waals surface area contributed by atoms with Gasteiger partial charge in [-0.25, -0.2) is 4.79 Å². The first-order chi connectivity index (χ1) is 7.83. The first-order valence-electron chi connectivity index (χ1n) is 6.18. The average molecular weight is 236 g/mol. The van der Waals surface area contributed by atoms with Crippen LogP contribution in [0, 0.1) is 17.3 Å². The fourth-order valence-corrected chi connectivity index (χ4v) is 3.46. The minimum absolute atomic E-state index is 0.106. The fourth-order valence-electron chi connectivity index (χ4n) is 3.46. The molecule has 0 radical (unpaired) electrons. The highest BCUT2D eigenvalue weighted by molar-refractivity contribution is 5.89. The number of hydrogen-bond donors (Lipinski definition) is 0. The monoisotopic (exact) mass is 236 g/mol. The molecule has 3 aliphatic carbocycles. The predicted molar refractivity (Wildman–Crippen MR) is 64.3 cm³/mol. The number of aldehydes is 1. The van der Waals surface area contributed by atoms with Crippen LogP contribution in [0.1, 0.15) is 40.0 Å². The van der Waals surface area contributed by atoms with Crippen LogP contribution in [0.4, 0.5) is 0 Å². The molecule has 0 N–H and O–H groups in total. The van der Waals surface area contributed by atoms with Gasteiger partial charge >= 0.3 is 5.97 Å². The lowest BCUT2D eigenvalue weighted by atomic mass is 9.44. The Bertz CT molecular complexity index is 381. The fraction of sp³-hybridized carbons (Fsp3) is 0.714. The van der Waals surface area contributed by atoms with Crippen LogP contribution in [-0.4, -0.2) is 17.9 Å². The van der Waals surface area contributed by atoms with Gasteiger partial charge in [-0.2, -0.15) is 0 Å². The van der Waals surface area contributed by atoms with Crippen molar-refractivity contribution in [3.05, 3.63) is 12.2 Å². The summed E-state index contributed by atoms with van der Waals surface area (Å²) >= 11 is 0. The maximum atomic E-state index is 11.7. The largest absolute Gasteiger partial charge is 0.448 e. The van der Waals surface area contributed by atoms with Gasteiger partial charge in [0, 0.05) is 11.5 Å². The Morgan fingerprint density at radius 1 is 1.47 bits per heavy atom. The van der Waals surface area contributed by atoms with E-state index in [4.69, 9.17) is 4.74 Å². The second-order valence-electron chi connectivity index (χ2n) is 6.09. The standard InChI is InChI=1S/C14H20O3/c1-9(2)12(16)17-14(8-15)6-5-10-7-11(14)13(10,3)4/h8,10-11H,1,5-7H2,2-4H3. The van der Waals surface area contributed by atoms with E-state index in [1.54, 1.807) is 6.92 Å². The third-order valence-corrected chi connectivity index (χ3v) is 4.77. The topological polar surface area (TPSA) is 43.4 Å². The molecule has 3 aliphatic rings. The van der Waals surface area contributed by atoms with Crippen molar-refractivity contribution < 1.29 is 14.3 Å². The van der Waals surface area contributed by atoms with Crippen LogP contribution in [0.25, 0.3) is 0 Å². The molecule has 3 saturated carbocycles. The van der Waals surface area contributed by atoms with Gasteiger partial charge in [0.2, 0.25) is 0 Å². The maximum Gasteiger partial charge on any atom is 0.334 e. The zero-order chi connectivity index (χ0) is 12.8. The van der Waals surface area contributed by atoms with Crippen LogP contribution in [0.2, 0.25) is 0 Å². The molecule has 0 aromatic heterocycles. The molecule has 2 bridgehead atoms. The highest BCUT2D eigenvalue weighted by atomic mass is 16.6. The smallest absolute Gasteiger partial charge is 0.334 e. The number of carbonyl (C=O) groups excluding carboxylic acids is 2. The molecule has 3 atom stereocenters. The molecule has 0 aromatic carbocycles. The zero-order valence-electron chi connectivity index (χ0n) is 10.8. The van der Waals surface area contributed by atoms with Crippen molar-refractivity contribution in [2.45, 2.75) is 45.6 Å². The van der Waals surface area contributed by atoms with E-state index >= 15 is 0 Å². The van der Waals surface area contributed by atoms with Crippen molar-refractivity contribution in [3.63, 3.8) is 0 Å². The first-order valence-corrected chi connectivity index (χ1v) is 6.18. The molecule has 0 heterocycles.